The van der Waals surface area contributed by atoms with Crippen molar-refractivity contribution in [2.24, 2.45) is 0 Å². The molecule has 1 fully saturated rings. The van der Waals surface area contributed by atoms with E-state index in [0.29, 0.717) is 0 Å². The molecule has 0 aliphatic carbocycles. The monoisotopic (exact) mass is 497 g/mol. The number of imide groups is 2. The van der Waals surface area contributed by atoms with E-state index in [4.69, 9.17) is 0 Å². The molecular formula is C23H20BrN3O3S. The molecule has 1 N–H and O–H groups in total. The van der Waals surface area contributed by atoms with E-state index in [1.54, 1.807) is 6.08 Å². The molecule has 0 atom stereocenters. The normalized spacial score (nSPS) is 15.7. The lowest BCUT2D eigenvalue weighted by Crippen LogP contribution is -2.53. The summed E-state index contributed by atoms with van der Waals surface area (Å²) in [6.07, 6.45) is 1.57. The van der Waals surface area contributed by atoms with E-state index in [1.165, 1.54) is 11.3 Å². The maximum absolute atomic E-state index is 13.0. The number of aromatic nitrogens is 1. The molecule has 1 saturated heterocycles. The number of aryl methyl sites for hydroxylation is 2. The first-order valence-corrected chi connectivity index (χ1v) is 11.3. The van der Waals surface area contributed by atoms with E-state index in [0.717, 1.165) is 42.5 Å². The highest BCUT2D eigenvalue weighted by Crippen LogP contribution is 2.27. The Balaban J connectivity index is 1.71. The number of barbiturate groups is 1. The van der Waals surface area contributed by atoms with Gasteiger partial charge in [0.15, 0.2) is 0 Å². The molecule has 6 nitrogen and oxygen atoms in total. The first-order valence-electron chi connectivity index (χ1n) is 9.63. The van der Waals surface area contributed by atoms with Crippen LogP contribution in [0.4, 0.5) is 4.79 Å². The predicted octanol–water partition coefficient (Wildman–Crippen LogP) is 4.89. The smallest absolute Gasteiger partial charge is 0.318 e. The zero-order valence-electron chi connectivity index (χ0n) is 17.2. The van der Waals surface area contributed by atoms with Crippen LogP contribution in [0.15, 0.2) is 51.8 Å². The number of urea groups is 1. The van der Waals surface area contributed by atoms with Crippen LogP contribution in [0.1, 0.15) is 27.4 Å². The van der Waals surface area contributed by atoms with Crippen LogP contribution in [0, 0.1) is 20.8 Å². The Kier molecular flexibility index (Phi) is 5.68. The topological polar surface area (TPSA) is 71.4 Å². The minimum Gasteiger partial charge on any atom is -0.318 e. The molecule has 2 aromatic heterocycles. The number of hydrogen-bond donors (Lipinski definition) is 1. The van der Waals surface area contributed by atoms with Gasteiger partial charge in [0.2, 0.25) is 0 Å². The van der Waals surface area contributed by atoms with E-state index >= 15 is 0 Å². The van der Waals surface area contributed by atoms with Gasteiger partial charge in [-0.25, -0.2) is 4.79 Å². The van der Waals surface area contributed by atoms with Crippen LogP contribution in [0.25, 0.3) is 11.8 Å². The summed E-state index contributed by atoms with van der Waals surface area (Å²) in [7, 11) is 0. The second-order valence-corrected chi connectivity index (χ2v) is 9.27. The number of halogens is 1. The molecule has 0 bridgehead atoms. The summed E-state index contributed by atoms with van der Waals surface area (Å²) in [4.78, 5) is 39.6. The van der Waals surface area contributed by atoms with E-state index in [-0.39, 0.29) is 12.1 Å². The van der Waals surface area contributed by atoms with Crippen molar-refractivity contribution in [3.05, 3.63) is 79.2 Å². The fourth-order valence-corrected chi connectivity index (χ4v) is 4.59. The van der Waals surface area contributed by atoms with E-state index in [1.807, 2.05) is 56.5 Å². The summed E-state index contributed by atoms with van der Waals surface area (Å²) in [5.41, 5.74) is 4.67. The molecule has 31 heavy (non-hydrogen) atoms. The molecule has 0 spiro atoms. The fourth-order valence-electron chi connectivity index (χ4n) is 3.65. The molecule has 1 aliphatic heterocycles. The van der Waals surface area contributed by atoms with E-state index < -0.39 is 17.8 Å². The molecule has 158 valence electrons. The molecule has 1 aromatic carbocycles. The summed E-state index contributed by atoms with van der Waals surface area (Å²) in [6, 6.07) is 11.0. The van der Waals surface area contributed by atoms with Crippen LogP contribution in [0.3, 0.4) is 0 Å². The number of thiophene rings is 1. The number of carbonyl (C=O) groups is 3. The highest BCUT2D eigenvalue weighted by atomic mass is 79.9. The largest absolute Gasteiger partial charge is 0.331 e. The lowest BCUT2D eigenvalue weighted by molar-refractivity contribution is -0.130. The van der Waals surface area contributed by atoms with Crippen molar-refractivity contribution in [1.82, 2.24) is 14.8 Å². The summed E-state index contributed by atoms with van der Waals surface area (Å²) < 4.78 is 3.10. The Bertz CT molecular complexity index is 1240. The number of rotatable bonds is 4. The van der Waals surface area contributed by atoms with Crippen LogP contribution < -0.4 is 5.32 Å². The Morgan fingerprint density at radius 2 is 1.87 bits per heavy atom. The fraction of sp³-hybridized carbons (Fsp3) is 0.174. The van der Waals surface area contributed by atoms with Crippen LogP contribution >= 0.6 is 27.3 Å². The van der Waals surface area contributed by atoms with Crippen LogP contribution in [0.5, 0.6) is 0 Å². The van der Waals surface area contributed by atoms with Crippen molar-refractivity contribution < 1.29 is 14.4 Å². The van der Waals surface area contributed by atoms with Gasteiger partial charge in [-0.05, 0) is 73.7 Å². The summed E-state index contributed by atoms with van der Waals surface area (Å²) in [5, 5.41) is 4.16. The number of benzene rings is 1. The minimum absolute atomic E-state index is 0.0524. The molecule has 0 radical (unpaired) electrons. The van der Waals surface area contributed by atoms with E-state index in [2.05, 4.69) is 31.9 Å². The molecule has 3 aromatic rings. The third-order valence-electron chi connectivity index (χ3n) is 5.25. The molecule has 1 aliphatic rings. The lowest BCUT2D eigenvalue weighted by atomic mass is 10.1. The molecular weight excluding hydrogens is 478 g/mol. The zero-order chi connectivity index (χ0) is 22.3. The first kappa shape index (κ1) is 21.3. The minimum atomic E-state index is -0.698. The SMILES string of the molecule is Cc1cc(-n2c(C)cc(/C=C3\C(=O)NC(=O)N(Cc4cccs4)C3=O)c2C)ccc1Br. The Labute approximate surface area is 192 Å². The Hall–Kier alpha value is -2.97. The van der Waals surface area contributed by atoms with Gasteiger partial charge in [-0.2, -0.15) is 0 Å². The van der Waals surface area contributed by atoms with Crippen molar-refractivity contribution in [3.8, 4) is 5.69 Å². The standard InChI is InChI=1S/C23H20BrN3O3S/c1-13-9-17(6-7-20(13)24)27-14(2)10-16(15(27)3)11-19-21(28)25-23(30)26(22(19)29)12-18-5-4-8-31-18/h4-11H,12H2,1-3H3,(H,25,28,30)/b19-11+. The van der Waals surface area contributed by atoms with Gasteiger partial charge in [0.1, 0.15) is 5.57 Å². The summed E-state index contributed by atoms with van der Waals surface area (Å²) >= 11 is 4.97. The van der Waals surface area contributed by atoms with Gasteiger partial charge in [-0.1, -0.05) is 22.0 Å². The molecule has 3 heterocycles. The van der Waals surface area contributed by atoms with Crippen LogP contribution in [0.2, 0.25) is 0 Å². The molecule has 4 rings (SSSR count). The molecule has 8 heteroatoms. The first-order chi connectivity index (χ1) is 14.8. The number of amides is 4. The summed E-state index contributed by atoms with van der Waals surface area (Å²) in [5.74, 6) is -1.27. The van der Waals surface area contributed by atoms with Crippen molar-refractivity contribution >= 4 is 51.2 Å². The van der Waals surface area contributed by atoms with Crippen molar-refractivity contribution in [2.75, 3.05) is 0 Å². The number of carbonyl (C=O) groups excluding carboxylic acids is 3. The summed E-state index contributed by atoms with van der Waals surface area (Å²) in [6.45, 7) is 6.07. The third-order valence-corrected chi connectivity index (χ3v) is 7.00. The highest BCUT2D eigenvalue weighted by molar-refractivity contribution is 9.10. The second-order valence-electron chi connectivity index (χ2n) is 7.38. The van der Waals surface area contributed by atoms with Gasteiger partial charge in [-0.3, -0.25) is 19.8 Å². The maximum Gasteiger partial charge on any atom is 0.331 e. The number of hydrogen-bond acceptors (Lipinski definition) is 4. The second kappa shape index (κ2) is 8.28. The van der Waals surface area contributed by atoms with Crippen LogP contribution in [-0.4, -0.2) is 27.3 Å². The van der Waals surface area contributed by atoms with Crippen molar-refractivity contribution in [3.63, 3.8) is 0 Å². The van der Waals surface area contributed by atoms with Gasteiger partial charge in [0, 0.05) is 26.4 Å². The molecule has 0 unspecified atom stereocenters. The lowest BCUT2D eigenvalue weighted by Gasteiger charge is -2.25. The average Bonchev–Trinajstić information content (AvgIpc) is 3.32. The average molecular weight is 498 g/mol. The van der Waals surface area contributed by atoms with E-state index in [9.17, 15) is 14.4 Å². The molecule has 0 saturated carbocycles. The van der Waals surface area contributed by atoms with Gasteiger partial charge >= 0.3 is 6.03 Å². The van der Waals surface area contributed by atoms with Gasteiger partial charge in [-0.15, -0.1) is 11.3 Å². The maximum atomic E-state index is 13.0. The zero-order valence-corrected chi connectivity index (χ0v) is 19.6. The quantitative estimate of drug-likeness (QED) is 0.412. The number of nitrogens with zero attached hydrogens (tertiary/aromatic N) is 2. The third kappa shape index (κ3) is 4.00. The van der Waals surface area contributed by atoms with Crippen molar-refractivity contribution in [1.29, 1.82) is 0 Å². The Morgan fingerprint density at radius 3 is 2.55 bits per heavy atom. The van der Waals surface area contributed by atoms with Crippen molar-refractivity contribution in [2.45, 2.75) is 27.3 Å². The van der Waals surface area contributed by atoms with Gasteiger partial charge < -0.3 is 4.57 Å². The predicted molar refractivity (Wildman–Crippen MR) is 124 cm³/mol. The number of nitrogens with one attached hydrogen (secondary N) is 1. The Morgan fingerprint density at radius 1 is 1.10 bits per heavy atom. The van der Waals surface area contributed by atoms with Gasteiger partial charge in [0.05, 0.1) is 6.54 Å². The van der Waals surface area contributed by atoms with Gasteiger partial charge in [0.25, 0.3) is 11.8 Å². The van der Waals surface area contributed by atoms with Crippen LogP contribution in [-0.2, 0) is 16.1 Å². The highest BCUT2D eigenvalue weighted by Gasteiger charge is 2.36. The molecule has 4 amide bonds.